The maximum atomic E-state index is 13.2. The van der Waals surface area contributed by atoms with E-state index in [2.05, 4.69) is 118 Å². The first-order valence-corrected chi connectivity index (χ1v) is 34.2. The molecule has 1 fully saturated rings. The second-order valence-corrected chi connectivity index (χ2v) is 23.1. The van der Waals surface area contributed by atoms with Gasteiger partial charge in [0.25, 0.3) is 0 Å². The summed E-state index contributed by atoms with van der Waals surface area (Å²) in [6.07, 6.45) is 67.8. The predicted octanol–water partition coefficient (Wildman–Crippen LogP) is 18.8. The molecule has 0 radical (unpaired) electrons. The number of ether oxygens (including phenoxy) is 5. The van der Waals surface area contributed by atoms with E-state index >= 15 is 0 Å². The zero-order valence-electron chi connectivity index (χ0n) is 53.8. The Hall–Kier alpha value is -4.36. The topological polar surface area (TPSA) is 175 Å². The van der Waals surface area contributed by atoms with Crippen molar-refractivity contribution >= 4 is 23.9 Å². The van der Waals surface area contributed by atoms with Gasteiger partial charge in [-0.05, 0) is 122 Å². The van der Waals surface area contributed by atoms with Gasteiger partial charge >= 0.3 is 23.9 Å². The highest BCUT2D eigenvalue weighted by molar-refractivity contribution is 5.74. The number of carboxylic acid groups (broad SMARTS) is 1. The summed E-state index contributed by atoms with van der Waals surface area (Å²) in [6.45, 7) is 5.85. The smallest absolute Gasteiger partial charge is 0.335 e. The standard InChI is InChI=1S/C73H122O12/c1-4-7-10-13-16-19-22-25-28-31-33-36-38-41-44-47-50-53-56-59-65(74)81-62-64(83-66(75)60-57-54-51-48-45-42-40-37-34-32-29-26-23-20-17-14-11-8-5-2)63-82-73-71(69(78)68(77)70(85-73)72(79)80)84-67(76)61-58-55-52-49-46-43-39-35-30-27-24-21-18-15-12-9-6-3/h7,10,16-21,25-30,33,36,64,68-71,73,77-78H,4-6,8-9,11-15,22-24,31-32,34-35,37-63H2,1-3H3,(H,79,80)/b10-7-,19-16-,20-17-,21-18-,28-25-,29-26-,30-27-,36-33-. The number of aliphatic carboxylic acids is 1. The van der Waals surface area contributed by atoms with Gasteiger partial charge in [-0.25, -0.2) is 4.79 Å². The normalized spacial score (nSPS) is 18.1. The van der Waals surface area contributed by atoms with E-state index in [1.807, 2.05) is 0 Å². The minimum Gasteiger partial charge on any atom is -0.479 e. The number of rotatable bonds is 58. The Morgan fingerprint density at radius 1 is 0.400 bits per heavy atom. The molecule has 6 unspecified atom stereocenters. The molecule has 3 N–H and O–H groups in total. The van der Waals surface area contributed by atoms with Gasteiger partial charge in [0.1, 0.15) is 18.8 Å². The number of aliphatic hydroxyl groups excluding tert-OH is 2. The molecule has 1 aliphatic rings. The monoisotopic (exact) mass is 1190 g/mol. The number of hydrogen-bond acceptors (Lipinski definition) is 11. The van der Waals surface area contributed by atoms with Crippen LogP contribution in [0.1, 0.15) is 290 Å². The zero-order chi connectivity index (χ0) is 61.7. The third-order valence-electron chi connectivity index (χ3n) is 15.1. The average Bonchev–Trinajstić information content (AvgIpc) is 3.46. The molecule has 1 aliphatic heterocycles. The van der Waals surface area contributed by atoms with E-state index in [1.165, 1.54) is 70.6 Å². The van der Waals surface area contributed by atoms with E-state index in [1.54, 1.807) is 0 Å². The van der Waals surface area contributed by atoms with Crippen molar-refractivity contribution in [2.75, 3.05) is 13.2 Å². The Labute approximate surface area is 517 Å². The lowest BCUT2D eigenvalue weighted by atomic mass is 9.98. The van der Waals surface area contributed by atoms with Crippen molar-refractivity contribution in [2.24, 2.45) is 0 Å². The molecule has 12 nitrogen and oxygen atoms in total. The fourth-order valence-corrected chi connectivity index (χ4v) is 9.89. The lowest BCUT2D eigenvalue weighted by molar-refractivity contribution is -0.301. The maximum absolute atomic E-state index is 13.2. The molecule has 6 atom stereocenters. The van der Waals surface area contributed by atoms with E-state index in [4.69, 9.17) is 23.7 Å². The average molecular weight is 1190 g/mol. The molecular formula is C73H122O12. The Morgan fingerprint density at radius 2 is 0.741 bits per heavy atom. The maximum Gasteiger partial charge on any atom is 0.335 e. The summed E-state index contributed by atoms with van der Waals surface area (Å²) in [5, 5.41) is 31.7. The molecular weight excluding hydrogens is 1070 g/mol. The van der Waals surface area contributed by atoms with Gasteiger partial charge in [-0.3, -0.25) is 14.4 Å². The minimum absolute atomic E-state index is 0.0467. The number of carboxylic acids is 1. The van der Waals surface area contributed by atoms with Crippen LogP contribution in [0, 0.1) is 0 Å². The van der Waals surface area contributed by atoms with Crippen LogP contribution in [0.2, 0.25) is 0 Å². The Bertz CT molecular complexity index is 1840. The first kappa shape index (κ1) is 78.7. The zero-order valence-corrected chi connectivity index (χ0v) is 53.8. The molecule has 1 rings (SSSR count). The Balaban J connectivity index is 2.66. The summed E-state index contributed by atoms with van der Waals surface area (Å²) in [5.74, 6) is -3.14. The molecule has 0 aromatic heterocycles. The van der Waals surface area contributed by atoms with E-state index in [9.17, 15) is 34.5 Å². The highest BCUT2D eigenvalue weighted by atomic mass is 16.7. The Kier molecular flexibility index (Phi) is 55.5. The molecule has 0 aromatic carbocycles. The molecule has 85 heavy (non-hydrogen) atoms. The number of carbonyl (C=O) groups excluding carboxylic acids is 3. The number of allylic oxidation sites excluding steroid dienone is 16. The van der Waals surface area contributed by atoms with Crippen molar-refractivity contribution in [1.82, 2.24) is 0 Å². The largest absolute Gasteiger partial charge is 0.479 e. The summed E-state index contributed by atoms with van der Waals surface area (Å²) in [4.78, 5) is 51.5. The van der Waals surface area contributed by atoms with Crippen LogP contribution in [0.3, 0.4) is 0 Å². The molecule has 486 valence electrons. The lowest BCUT2D eigenvalue weighted by Gasteiger charge is -2.40. The third kappa shape index (κ3) is 49.3. The van der Waals surface area contributed by atoms with E-state index in [0.717, 1.165) is 161 Å². The summed E-state index contributed by atoms with van der Waals surface area (Å²) >= 11 is 0. The van der Waals surface area contributed by atoms with Crippen molar-refractivity contribution in [3.8, 4) is 0 Å². The molecule has 0 saturated carbocycles. The van der Waals surface area contributed by atoms with Gasteiger partial charge in [-0.15, -0.1) is 0 Å². The van der Waals surface area contributed by atoms with Gasteiger partial charge < -0.3 is 39.0 Å². The van der Waals surface area contributed by atoms with Crippen LogP contribution in [0.4, 0.5) is 0 Å². The minimum atomic E-state index is -1.91. The first-order chi connectivity index (χ1) is 41.6. The molecule has 1 heterocycles. The summed E-state index contributed by atoms with van der Waals surface area (Å²) in [5.41, 5.74) is 0. The highest BCUT2D eigenvalue weighted by Crippen LogP contribution is 2.27. The number of esters is 3. The first-order valence-electron chi connectivity index (χ1n) is 34.2. The van der Waals surface area contributed by atoms with Crippen LogP contribution in [0.25, 0.3) is 0 Å². The van der Waals surface area contributed by atoms with Gasteiger partial charge in [0, 0.05) is 19.3 Å². The van der Waals surface area contributed by atoms with Crippen LogP contribution in [-0.4, -0.2) is 89.2 Å². The molecule has 12 heteroatoms. The fraction of sp³-hybridized carbons (Fsp3) is 0.726. The number of hydrogen-bond donors (Lipinski definition) is 3. The van der Waals surface area contributed by atoms with Gasteiger partial charge in [0.15, 0.2) is 24.6 Å². The van der Waals surface area contributed by atoms with Crippen LogP contribution in [0.15, 0.2) is 97.2 Å². The van der Waals surface area contributed by atoms with Crippen LogP contribution < -0.4 is 0 Å². The highest BCUT2D eigenvalue weighted by Gasteiger charge is 2.50. The fourth-order valence-electron chi connectivity index (χ4n) is 9.89. The van der Waals surface area contributed by atoms with E-state index in [0.29, 0.717) is 19.3 Å². The van der Waals surface area contributed by atoms with Crippen molar-refractivity contribution < 1.29 is 58.2 Å². The van der Waals surface area contributed by atoms with Gasteiger partial charge in [-0.2, -0.15) is 0 Å². The van der Waals surface area contributed by atoms with Crippen LogP contribution >= 0.6 is 0 Å². The third-order valence-corrected chi connectivity index (χ3v) is 15.1. The number of unbranched alkanes of at least 4 members (excludes halogenated alkanes) is 28. The summed E-state index contributed by atoms with van der Waals surface area (Å²) < 4.78 is 28.6. The van der Waals surface area contributed by atoms with E-state index in [-0.39, 0.29) is 25.9 Å². The van der Waals surface area contributed by atoms with Crippen molar-refractivity contribution in [3.05, 3.63) is 97.2 Å². The second kappa shape index (κ2) is 59.9. The number of aliphatic hydroxyl groups is 2. The van der Waals surface area contributed by atoms with Gasteiger partial charge in [0.2, 0.25) is 0 Å². The van der Waals surface area contributed by atoms with Gasteiger partial charge in [0.05, 0.1) is 6.61 Å². The molecule has 0 spiro atoms. The van der Waals surface area contributed by atoms with Crippen LogP contribution in [-0.2, 0) is 42.9 Å². The van der Waals surface area contributed by atoms with Crippen LogP contribution in [0.5, 0.6) is 0 Å². The number of carbonyl (C=O) groups is 4. The van der Waals surface area contributed by atoms with Crippen molar-refractivity contribution in [1.29, 1.82) is 0 Å². The second-order valence-electron chi connectivity index (χ2n) is 23.1. The quantitative estimate of drug-likeness (QED) is 0.0228. The SMILES string of the molecule is CC/C=C\C/C=C\C/C=C\C/C=C\CCCCCCCCC(=O)OCC(COC1OC(C(=O)O)C(O)C(O)C1OC(=O)CCCCCCCCC/C=C\C/C=C\CCCCC)OC(=O)CCCCCCCCCCC/C=C\C/C=C\CCCCC. The summed E-state index contributed by atoms with van der Waals surface area (Å²) in [7, 11) is 0. The van der Waals surface area contributed by atoms with Gasteiger partial charge in [-0.1, -0.05) is 246 Å². The predicted molar refractivity (Wildman–Crippen MR) is 349 cm³/mol. The Morgan fingerprint density at radius 3 is 1.13 bits per heavy atom. The van der Waals surface area contributed by atoms with E-state index < -0.39 is 67.3 Å². The molecule has 0 bridgehead atoms. The summed E-state index contributed by atoms with van der Waals surface area (Å²) in [6, 6.07) is 0. The molecule has 0 aliphatic carbocycles. The lowest BCUT2D eigenvalue weighted by Crippen LogP contribution is -2.61. The van der Waals surface area contributed by atoms with Crippen molar-refractivity contribution in [2.45, 2.75) is 327 Å². The van der Waals surface area contributed by atoms with Crippen molar-refractivity contribution in [3.63, 3.8) is 0 Å². The molecule has 1 saturated heterocycles. The molecule has 0 amide bonds. The molecule has 0 aromatic rings.